The zero-order chi connectivity index (χ0) is 15.2. The van der Waals surface area contributed by atoms with Gasteiger partial charge in [-0.15, -0.1) is 0 Å². The van der Waals surface area contributed by atoms with Crippen molar-refractivity contribution in [1.82, 2.24) is 0 Å². The van der Waals surface area contributed by atoms with Crippen molar-refractivity contribution in [2.45, 2.75) is 25.7 Å². The average Bonchev–Trinajstić information content (AvgIpc) is 2.28. The largest absolute Gasteiger partial charge is 1.00 e. The van der Waals surface area contributed by atoms with E-state index in [1.54, 1.807) is 0 Å². The number of halogens is 2. The van der Waals surface area contributed by atoms with Crippen LogP contribution in [-0.2, 0) is 12.8 Å². The van der Waals surface area contributed by atoms with Crippen LogP contribution >= 0.6 is 0 Å². The van der Waals surface area contributed by atoms with Gasteiger partial charge in [0.25, 0.3) is 0 Å². The van der Waals surface area contributed by atoms with E-state index in [2.05, 4.69) is 66.6 Å². The monoisotopic (exact) mass is 532 g/mol. The molecule has 2 nitrogen and oxygen atoms in total. The number of rotatable bonds is 8. The first kappa shape index (κ1) is 24.8. The van der Waals surface area contributed by atoms with Crippen molar-refractivity contribution in [2.75, 3.05) is 55.4 Å². The standard InChI is InChI=1S/C18H34N2.2HI/c1-19(2,3)15-7-9-17-11-13-18(14-12-17)10-8-16-20(4,5)6;;/h11-14H,7-10,15-16H2,1-6H3;2*1H/q+2;;/p-2. The Kier molecular flexibility index (Phi) is 12.7. The maximum absolute atomic E-state index is 2.32. The van der Waals surface area contributed by atoms with Crippen LogP contribution in [-0.4, -0.2) is 64.3 Å². The van der Waals surface area contributed by atoms with Gasteiger partial charge in [-0.1, -0.05) is 24.3 Å². The molecule has 4 heteroatoms. The molecule has 0 saturated heterocycles. The summed E-state index contributed by atoms with van der Waals surface area (Å²) < 4.78 is 2.12. The molecule has 0 spiro atoms. The summed E-state index contributed by atoms with van der Waals surface area (Å²) in [4.78, 5) is 0. The van der Waals surface area contributed by atoms with Gasteiger partial charge < -0.3 is 56.9 Å². The van der Waals surface area contributed by atoms with Gasteiger partial charge in [0.2, 0.25) is 0 Å². The highest BCUT2D eigenvalue weighted by Crippen LogP contribution is 2.10. The smallest absolute Gasteiger partial charge is 0.0783 e. The zero-order valence-corrected chi connectivity index (χ0v) is 19.5. The molecule has 0 aliphatic carbocycles. The van der Waals surface area contributed by atoms with Crippen molar-refractivity contribution >= 4 is 0 Å². The van der Waals surface area contributed by atoms with Crippen molar-refractivity contribution in [3.05, 3.63) is 35.4 Å². The summed E-state index contributed by atoms with van der Waals surface area (Å²) in [6.45, 7) is 2.48. The molecule has 0 unspecified atom stereocenters. The molecule has 1 aromatic carbocycles. The van der Waals surface area contributed by atoms with Crippen LogP contribution in [0.5, 0.6) is 0 Å². The summed E-state index contributed by atoms with van der Waals surface area (Å²) in [6, 6.07) is 9.27. The molecule has 0 radical (unpaired) electrons. The molecule has 0 aliphatic heterocycles. The number of quaternary nitrogens is 2. The first-order valence-corrected chi connectivity index (χ1v) is 7.84. The maximum atomic E-state index is 2.32. The van der Waals surface area contributed by atoms with Gasteiger partial charge >= 0.3 is 0 Å². The molecule has 1 rings (SSSR count). The first-order valence-electron chi connectivity index (χ1n) is 7.84. The van der Waals surface area contributed by atoms with E-state index < -0.39 is 0 Å². The summed E-state index contributed by atoms with van der Waals surface area (Å²) in [7, 11) is 13.6. The quantitative estimate of drug-likeness (QED) is 0.247. The normalized spacial score (nSPS) is 11.5. The highest BCUT2D eigenvalue weighted by atomic mass is 127. The van der Waals surface area contributed by atoms with Gasteiger partial charge in [-0.3, -0.25) is 0 Å². The predicted octanol–water partition coefficient (Wildman–Crippen LogP) is -3.03. The van der Waals surface area contributed by atoms with Crippen molar-refractivity contribution in [2.24, 2.45) is 0 Å². The Balaban J connectivity index is 0. The minimum absolute atomic E-state index is 0. The van der Waals surface area contributed by atoms with Crippen LogP contribution in [0, 0.1) is 0 Å². The number of nitrogens with zero attached hydrogens (tertiary/aromatic N) is 2. The van der Waals surface area contributed by atoms with E-state index in [1.165, 1.54) is 49.9 Å². The Labute approximate surface area is 172 Å². The lowest BCUT2D eigenvalue weighted by atomic mass is 10.0. The Morgan fingerprint density at radius 3 is 1.09 bits per heavy atom. The minimum Gasteiger partial charge on any atom is -1.00 e. The second-order valence-corrected chi connectivity index (χ2v) is 8.05. The van der Waals surface area contributed by atoms with Crippen LogP contribution in [0.25, 0.3) is 0 Å². The molecule has 0 aromatic heterocycles. The van der Waals surface area contributed by atoms with Crippen molar-refractivity contribution < 1.29 is 56.9 Å². The van der Waals surface area contributed by atoms with E-state index in [4.69, 9.17) is 0 Å². The van der Waals surface area contributed by atoms with Gasteiger partial charge in [-0.2, -0.15) is 0 Å². The Bertz CT molecular complexity index is 350. The fraction of sp³-hybridized carbons (Fsp3) is 0.667. The van der Waals surface area contributed by atoms with E-state index in [1.807, 2.05) is 0 Å². The Morgan fingerprint density at radius 1 is 0.591 bits per heavy atom. The van der Waals surface area contributed by atoms with Crippen molar-refractivity contribution in [3.8, 4) is 0 Å². The van der Waals surface area contributed by atoms with E-state index in [0.29, 0.717) is 0 Å². The van der Waals surface area contributed by atoms with Crippen LogP contribution in [0.2, 0.25) is 0 Å². The van der Waals surface area contributed by atoms with Gasteiger partial charge in [-0.05, 0) is 24.0 Å². The summed E-state index contributed by atoms with van der Waals surface area (Å²) in [5.74, 6) is 0. The zero-order valence-electron chi connectivity index (χ0n) is 15.2. The fourth-order valence-electron chi connectivity index (χ4n) is 2.39. The molecule has 0 N–H and O–H groups in total. The molecule has 0 aliphatic rings. The van der Waals surface area contributed by atoms with Crippen LogP contribution in [0.3, 0.4) is 0 Å². The molecule has 130 valence electrons. The molecule has 0 amide bonds. The van der Waals surface area contributed by atoms with Crippen LogP contribution in [0.15, 0.2) is 24.3 Å². The molecule has 1 aromatic rings. The van der Waals surface area contributed by atoms with Crippen molar-refractivity contribution in [1.29, 1.82) is 0 Å². The second-order valence-electron chi connectivity index (χ2n) is 8.05. The molecule has 0 fully saturated rings. The topological polar surface area (TPSA) is 0 Å². The molecular weight excluding hydrogens is 498 g/mol. The average molecular weight is 532 g/mol. The SMILES string of the molecule is C[N+](C)(C)CCCc1ccc(CCC[N+](C)(C)C)cc1.[I-].[I-]. The van der Waals surface area contributed by atoms with Gasteiger partial charge in [0.05, 0.1) is 55.4 Å². The fourth-order valence-corrected chi connectivity index (χ4v) is 2.39. The summed E-state index contributed by atoms with van der Waals surface area (Å²) in [5.41, 5.74) is 2.96. The van der Waals surface area contributed by atoms with E-state index >= 15 is 0 Å². The molecular formula is C18H34I2N2. The second kappa shape index (κ2) is 11.2. The third kappa shape index (κ3) is 13.1. The van der Waals surface area contributed by atoms with Gasteiger partial charge in [0.15, 0.2) is 0 Å². The number of aryl methyl sites for hydroxylation is 2. The minimum atomic E-state index is 0. The number of hydrogen-bond donors (Lipinski definition) is 0. The van der Waals surface area contributed by atoms with E-state index in [0.717, 1.165) is 8.97 Å². The summed E-state index contributed by atoms with van der Waals surface area (Å²) in [6.07, 6.45) is 4.94. The Morgan fingerprint density at radius 2 is 0.864 bits per heavy atom. The van der Waals surface area contributed by atoms with Crippen molar-refractivity contribution in [3.63, 3.8) is 0 Å². The lowest BCUT2D eigenvalue weighted by Crippen LogP contribution is -3.00. The van der Waals surface area contributed by atoms with E-state index in [9.17, 15) is 0 Å². The molecule has 0 heterocycles. The lowest BCUT2D eigenvalue weighted by Gasteiger charge is -2.24. The third-order valence-electron chi connectivity index (χ3n) is 3.61. The summed E-state index contributed by atoms with van der Waals surface area (Å²) >= 11 is 0. The highest BCUT2D eigenvalue weighted by molar-refractivity contribution is 5.22. The van der Waals surface area contributed by atoms with Gasteiger partial charge in [0, 0.05) is 12.8 Å². The van der Waals surface area contributed by atoms with Gasteiger partial charge in [0.1, 0.15) is 0 Å². The molecule has 0 atom stereocenters. The highest BCUT2D eigenvalue weighted by Gasteiger charge is 2.07. The lowest BCUT2D eigenvalue weighted by molar-refractivity contribution is -0.870. The van der Waals surface area contributed by atoms with Crippen LogP contribution < -0.4 is 48.0 Å². The number of benzene rings is 1. The Hall–Kier alpha value is 0.600. The van der Waals surface area contributed by atoms with Gasteiger partial charge in [-0.25, -0.2) is 0 Å². The first-order chi connectivity index (χ1) is 9.16. The molecule has 0 saturated carbocycles. The molecule has 0 bridgehead atoms. The number of hydrogen-bond acceptors (Lipinski definition) is 0. The maximum Gasteiger partial charge on any atom is 0.0783 e. The molecule has 22 heavy (non-hydrogen) atoms. The predicted molar refractivity (Wildman–Crippen MR) is 88.9 cm³/mol. The van der Waals surface area contributed by atoms with E-state index in [-0.39, 0.29) is 48.0 Å². The van der Waals surface area contributed by atoms with Crippen LogP contribution in [0.1, 0.15) is 24.0 Å². The summed E-state index contributed by atoms with van der Waals surface area (Å²) in [5, 5.41) is 0. The third-order valence-corrected chi connectivity index (χ3v) is 3.61. The van der Waals surface area contributed by atoms with Crippen LogP contribution in [0.4, 0.5) is 0 Å².